The number of benzene rings is 2. The Bertz CT molecular complexity index is 1290. The van der Waals surface area contributed by atoms with Gasteiger partial charge in [-0.2, -0.15) is 0 Å². The van der Waals surface area contributed by atoms with Gasteiger partial charge in [-0.1, -0.05) is 42.5 Å². The van der Waals surface area contributed by atoms with Gasteiger partial charge in [-0.05, 0) is 66.0 Å². The molecule has 6 rings (SSSR count). The van der Waals surface area contributed by atoms with Gasteiger partial charge in [-0.15, -0.1) is 11.3 Å². The second-order valence-corrected chi connectivity index (χ2v) is 11.6. The fraction of sp³-hybridized carbons (Fsp3) is 0.400. The first-order chi connectivity index (χ1) is 18.0. The van der Waals surface area contributed by atoms with Gasteiger partial charge < -0.3 is 9.80 Å². The van der Waals surface area contributed by atoms with E-state index in [2.05, 4.69) is 28.5 Å². The minimum atomic E-state index is -0.258. The summed E-state index contributed by atoms with van der Waals surface area (Å²) in [5, 5.41) is 2.09. The molecule has 3 heterocycles. The van der Waals surface area contributed by atoms with E-state index in [4.69, 9.17) is 0 Å². The maximum Gasteiger partial charge on any atom is 0.236 e. The number of halogens is 1. The van der Waals surface area contributed by atoms with Gasteiger partial charge in [-0.3, -0.25) is 14.5 Å². The molecule has 0 bridgehead atoms. The van der Waals surface area contributed by atoms with Crippen LogP contribution in [0.1, 0.15) is 46.9 Å². The van der Waals surface area contributed by atoms with Crippen LogP contribution in [0.25, 0.3) is 0 Å². The number of piperazine rings is 1. The molecule has 1 aliphatic carbocycles. The molecular weight excluding hydrogens is 485 g/mol. The number of thiophene rings is 1. The smallest absolute Gasteiger partial charge is 0.236 e. The predicted octanol–water partition coefficient (Wildman–Crippen LogP) is 4.70. The highest BCUT2D eigenvalue weighted by atomic mass is 32.1. The Morgan fingerprint density at radius 1 is 1.00 bits per heavy atom. The maximum atomic E-state index is 14.1. The monoisotopic (exact) mass is 517 g/mol. The van der Waals surface area contributed by atoms with Crippen LogP contribution in [0.2, 0.25) is 0 Å². The molecular formula is C30H32FN3O2S. The Balaban J connectivity index is 1.10. The third-order valence-corrected chi connectivity index (χ3v) is 9.16. The molecule has 1 saturated carbocycles. The first kappa shape index (κ1) is 24.3. The van der Waals surface area contributed by atoms with E-state index in [1.807, 2.05) is 41.0 Å². The van der Waals surface area contributed by atoms with Crippen molar-refractivity contribution in [3.63, 3.8) is 0 Å². The van der Waals surface area contributed by atoms with E-state index >= 15 is 0 Å². The SMILES string of the molecule is CC1CN(C(=O)CN2CCc3sccc3C2c2cccc(F)c2)CCN1C(=O)C1C[C@H]1c1ccccc1. The lowest BCUT2D eigenvalue weighted by atomic mass is 9.93. The minimum absolute atomic E-state index is 0.00827. The first-order valence-electron chi connectivity index (χ1n) is 13.2. The molecule has 3 aromatic rings. The van der Waals surface area contributed by atoms with Crippen molar-refractivity contribution in [3.05, 3.63) is 93.4 Å². The summed E-state index contributed by atoms with van der Waals surface area (Å²) in [7, 11) is 0. The zero-order valence-electron chi connectivity index (χ0n) is 21.1. The molecule has 2 amide bonds. The molecule has 5 nitrogen and oxygen atoms in total. The van der Waals surface area contributed by atoms with Gasteiger partial charge in [-0.25, -0.2) is 4.39 Å². The Labute approximate surface area is 221 Å². The normalized spacial score (nSPS) is 25.6. The molecule has 2 aromatic carbocycles. The largest absolute Gasteiger partial charge is 0.338 e. The van der Waals surface area contributed by atoms with Crippen molar-refractivity contribution < 1.29 is 14.0 Å². The average Bonchev–Trinajstić information content (AvgIpc) is 3.57. The number of carbonyl (C=O) groups excluding carboxylic acids is 2. The number of carbonyl (C=O) groups is 2. The highest BCUT2D eigenvalue weighted by molar-refractivity contribution is 7.10. The van der Waals surface area contributed by atoms with E-state index in [0.717, 1.165) is 24.9 Å². The van der Waals surface area contributed by atoms with Gasteiger partial charge in [0.05, 0.1) is 12.6 Å². The van der Waals surface area contributed by atoms with E-state index in [-0.39, 0.29) is 42.2 Å². The molecule has 1 saturated heterocycles. The zero-order valence-corrected chi connectivity index (χ0v) is 21.9. The lowest BCUT2D eigenvalue weighted by Gasteiger charge is -2.42. The van der Waals surface area contributed by atoms with Crippen molar-refractivity contribution in [2.45, 2.75) is 37.8 Å². The number of rotatable bonds is 5. The van der Waals surface area contributed by atoms with Crippen molar-refractivity contribution in [3.8, 4) is 0 Å². The number of amides is 2. The Morgan fingerprint density at radius 2 is 1.81 bits per heavy atom. The highest BCUT2D eigenvalue weighted by Gasteiger charge is 2.47. The van der Waals surface area contributed by atoms with E-state index in [1.54, 1.807) is 23.5 Å². The van der Waals surface area contributed by atoms with E-state index in [9.17, 15) is 14.0 Å². The van der Waals surface area contributed by atoms with Crippen molar-refractivity contribution in [1.82, 2.24) is 14.7 Å². The molecule has 1 aromatic heterocycles. The third kappa shape index (κ3) is 4.82. The Hall–Kier alpha value is -3.03. The number of hydrogen-bond donors (Lipinski definition) is 0. The standard InChI is InChI=1S/C30H32FN3O2S/c1-20-18-32(13-14-34(20)30(36)26-17-25(26)21-6-3-2-4-7-21)28(35)19-33-12-10-27-24(11-15-37-27)29(33)22-8-5-9-23(31)16-22/h2-9,11,15-16,20,25-26,29H,10,12-14,17-19H2,1H3/t20?,25-,26?,29?/m0/s1. The van der Waals surface area contributed by atoms with Gasteiger partial charge >= 0.3 is 0 Å². The van der Waals surface area contributed by atoms with Crippen LogP contribution in [0.4, 0.5) is 4.39 Å². The van der Waals surface area contributed by atoms with E-state index in [0.29, 0.717) is 25.6 Å². The number of fused-ring (bicyclic) bond motifs is 1. The summed E-state index contributed by atoms with van der Waals surface area (Å²) in [4.78, 5) is 34.1. The predicted molar refractivity (Wildman–Crippen MR) is 143 cm³/mol. The van der Waals surface area contributed by atoms with Crippen molar-refractivity contribution in [2.24, 2.45) is 5.92 Å². The summed E-state index contributed by atoms with van der Waals surface area (Å²) in [6.45, 7) is 4.78. The Morgan fingerprint density at radius 3 is 2.59 bits per heavy atom. The fourth-order valence-corrected chi connectivity index (χ4v) is 7.04. The van der Waals surface area contributed by atoms with Crippen LogP contribution in [0.3, 0.4) is 0 Å². The summed E-state index contributed by atoms with van der Waals surface area (Å²) in [5.74, 6) is 0.424. The number of hydrogen-bond acceptors (Lipinski definition) is 4. The molecule has 192 valence electrons. The molecule has 0 spiro atoms. The maximum absolute atomic E-state index is 14.1. The topological polar surface area (TPSA) is 43.9 Å². The van der Waals surface area contributed by atoms with Crippen LogP contribution in [0.15, 0.2) is 66.0 Å². The summed E-state index contributed by atoms with van der Waals surface area (Å²) in [6, 6.07) is 19.0. The molecule has 4 atom stereocenters. The van der Waals surface area contributed by atoms with Crippen LogP contribution >= 0.6 is 11.3 Å². The molecule has 0 radical (unpaired) electrons. The lowest BCUT2D eigenvalue weighted by Crippen LogP contribution is -2.57. The second kappa shape index (κ2) is 10.0. The highest BCUT2D eigenvalue weighted by Crippen LogP contribution is 2.48. The summed E-state index contributed by atoms with van der Waals surface area (Å²) in [6.07, 6.45) is 1.81. The Kier molecular flexibility index (Phi) is 6.59. The van der Waals surface area contributed by atoms with Crippen LogP contribution in [-0.4, -0.2) is 65.3 Å². The summed E-state index contributed by atoms with van der Waals surface area (Å²) >= 11 is 1.73. The molecule has 2 aliphatic heterocycles. The minimum Gasteiger partial charge on any atom is -0.338 e. The third-order valence-electron chi connectivity index (χ3n) is 8.17. The molecule has 3 aliphatic rings. The van der Waals surface area contributed by atoms with Crippen molar-refractivity contribution in [1.29, 1.82) is 0 Å². The van der Waals surface area contributed by atoms with Crippen LogP contribution in [0, 0.1) is 11.7 Å². The fourth-order valence-electron chi connectivity index (χ4n) is 6.14. The van der Waals surface area contributed by atoms with Crippen molar-refractivity contribution >= 4 is 23.2 Å². The van der Waals surface area contributed by atoms with Gasteiger partial charge in [0.25, 0.3) is 0 Å². The average molecular weight is 518 g/mol. The molecule has 2 fully saturated rings. The lowest BCUT2D eigenvalue weighted by molar-refractivity contribution is -0.144. The van der Waals surface area contributed by atoms with Gasteiger partial charge in [0.15, 0.2) is 0 Å². The molecule has 3 unspecified atom stereocenters. The first-order valence-corrected chi connectivity index (χ1v) is 14.1. The molecule has 0 N–H and O–H groups in total. The summed E-state index contributed by atoms with van der Waals surface area (Å²) in [5.41, 5.74) is 3.30. The molecule has 7 heteroatoms. The van der Waals surface area contributed by atoms with Crippen LogP contribution in [-0.2, 0) is 16.0 Å². The van der Waals surface area contributed by atoms with Gasteiger partial charge in [0.2, 0.25) is 11.8 Å². The van der Waals surface area contributed by atoms with Gasteiger partial charge in [0, 0.05) is 43.0 Å². The summed E-state index contributed by atoms with van der Waals surface area (Å²) < 4.78 is 14.1. The zero-order chi connectivity index (χ0) is 25.5. The molecule has 37 heavy (non-hydrogen) atoms. The van der Waals surface area contributed by atoms with E-state index in [1.165, 1.54) is 22.1 Å². The number of nitrogens with zero attached hydrogens (tertiary/aromatic N) is 3. The second-order valence-electron chi connectivity index (χ2n) is 10.6. The van der Waals surface area contributed by atoms with Gasteiger partial charge in [0.1, 0.15) is 5.82 Å². The van der Waals surface area contributed by atoms with E-state index < -0.39 is 0 Å². The van der Waals surface area contributed by atoms with Crippen molar-refractivity contribution in [2.75, 3.05) is 32.7 Å². The van der Waals surface area contributed by atoms with Crippen LogP contribution < -0.4 is 0 Å². The quantitative estimate of drug-likeness (QED) is 0.493. The van der Waals surface area contributed by atoms with Crippen LogP contribution in [0.5, 0.6) is 0 Å².